The molecule has 33 heavy (non-hydrogen) atoms. The highest BCUT2D eigenvalue weighted by Gasteiger charge is 2.33. The molecule has 8 heteroatoms. The molecule has 0 aliphatic carbocycles. The van der Waals surface area contributed by atoms with Crippen LogP contribution in [-0.2, 0) is 11.4 Å². The second-order valence-electron chi connectivity index (χ2n) is 7.02. The summed E-state index contributed by atoms with van der Waals surface area (Å²) >= 11 is 18.9. The summed E-state index contributed by atoms with van der Waals surface area (Å²) in [5.41, 5.74) is 2.38. The predicted molar refractivity (Wildman–Crippen MR) is 140 cm³/mol. The van der Waals surface area contributed by atoms with E-state index in [0.29, 0.717) is 37.4 Å². The van der Waals surface area contributed by atoms with Crippen molar-refractivity contribution in [2.75, 3.05) is 11.5 Å². The number of para-hydroxylation sites is 1. The maximum absolute atomic E-state index is 13.0. The number of carbonyl (C=O) groups is 1. The van der Waals surface area contributed by atoms with Crippen molar-refractivity contribution in [1.82, 2.24) is 0 Å². The number of halogens is 2. The zero-order valence-corrected chi connectivity index (χ0v) is 20.7. The third-order valence-corrected chi connectivity index (χ3v) is 6.66. The number of amides is 1. The van der Waals surface area contributed by atoms with Crippen molar-refractivity contribution in [3.8, 4) is 11.5 Å². The van der Waals surface area contributed by atoms with Gasteiger partial charge in [-0.2, -0.15) is 0 Å². The Kier molecular flexibility index (Phi) is 7.60. The molecule has 4 rings (SSSR count). The number of anilines is 1. The summed E-state index contributed by atoms with van der Waals surface area (Å²) < 4.78 is 12.2. The third kappa shape index (κ3) is 5.53. The first-order valence-electron chi connectivity index (χ1n) is 10.1. The van der Waals surface area contributed by atoms with E-state index in [1.54, 1.807) is 17.0 Å². The zero-order chi connectivity index (χ0) is 23.4. The molecule has 168 valence electrons. The fraction of sp³-hybridized carbons (Fsp3) is 0.120. The van der Waals surface area contributed by atoms with Gasteiger partial charge >= 0.3 is 0 Å². The van der Waals surface area contributed by atoms with E-state index >= 15 is 0 Å². The minimum Gasteiger partial charge on any atom is -0.490 e. The molecular weight excluding hydrogens is 497 g/mol. The maximum atomic E-state index is 13.0. The highest BCUT2D eigenvalue weighted by atomic mass is 35.5. The van der Waals surface area contributed by atoms with Crippen LogP contribution in [0.4, 0.5) is 5.69 Å². The van der Waals surface area contributed by atoms with Gasteiger partial charge in [-0.1, -0.05) is 77.5 Å². The minimum atomic E-state index is -0.146. The summed E-state index contributed by atoms with van der Waals surface area (Å²) in [6, 6.07) is 20.2. The van der Waals surface area contributed by atoms with Crippen LogP contribution in [0, 0.1) is 0 Å². The summed E-state index contributed by atoms with van der Waals surface area (Å²) in [5.74, 6) is 1.01. The largest absolute Gasteiger partial charge is 0.490 e. The summed E-state index contributed by atoms with van der Waals surface area (Å²) in [4.78, 5) is 15.1. The Morgan fingerprint density at radius 1 is 1.00 bits per heavy atom. The number of carbonyl (C=O) groups excluding carboxylic acids is 1. The second-order valence-corrected chi connectivity index (χ2v) is 9.54. The van der Waals surface area contributed by atoms with Crippen LogP contribution in [0.1, 0.15) is 18.1 Å². The summed E-state index contributed by atoms with van der Waals surface area (Å²) in [6.45, 7) is 2.64. The molecule has 0 bridgehead atoms. The van der Waals surface area contributed by atoms with Gasteiger partial charge in [-0.3, -0.25) is 9.69 Å². The molecule has 3 aromatic carbocycles. The molecule has 0 radical (unpaired) electrons. The summed E-state index contributed by atoms with van der Waals surface area (Å²) in [5, 5.41) is 1.11. The van der Waals surface area contributed by atoms with Gasteiger partial charge in [0, 0.05) is 15.6 Å². The maximum Gasteiger partial charge on any atom is 0.270 e. The van der Waals surface area contributed by atoms with Gasteiger partial charge in [0.15, 0.2) is 15.8 Å². The van der Waals surface area contributed by atoms with Crippen molar-refractivity contribution >= 4 is 69.2 Å². The second kappa shape index (κ2) is 10.6. The number of thiocarbonyl (C=S) groups is 1. The molecule has 0 N–H and O–H groups in total. The van der Waals surface area contributed by atoms with Gasteiger partial charge in [-0.15, -0.1) is 0 Å². The molecule has 0 spiro atoms. The van der Waals surface area contributed by atoms with Crippen molar-refractivity contribution < 1.29 is 14.3 Å². The van der Waals surface area contributed by atoms with Crippen LogP contribution in [0.15, 0.2) is 71.6 Å². The summed E-state index contributed by atoms with van der Waals surface area (Å²) in [7, 11) is 0. The Hall–Kier alpha value is -2.51. The van der Waals surface area contributed by atoms with Crippen molar-refractivity contribution in [3.63, 3.8) is 0 Å². The van der Waals surface area contributed by atoms with Gasteiger partial charge in [-0.05, 0) is 55.0 Å². The van der Waals surface area contributed by atoms with E-state index in [1.165, 1.54) is 11.8 Å². The highest BCUT2D eigenvalue weighted by Crippen LogP contribution is 2.37. The smallest absolute Gasteiger partial charge is 0.270 e. The molecule has 1 aliphatic heterocycles. The molecule has 0 atom stereocenters. The van der Waals surface area contributed by atoms with Crippen molar-refractivity contribution in [2.24, 2.45) is 0 Å². The lowest BCUT2D eigenvalue weighted by Gasteiger charge is -2.14. The molecule has 4 nitrogen and oxygen atoms in total. The standard InChI is InChI=1S/C25H19Cl2NO3S2/c1-2-30-22-12-16(8-11-21(22)31-15-17-9-10-18(26)14-20(17)27)13-23-24(29)28(25(32)33-23)19-6-4-3-5-7-19/h3-14H,2,15H2,1H3/b23-13+. The van der Waals surface area contributed by atoms with Crippen LogP contribution < -0.4 is 14.4 Å². The Bertz CT molecular complexity index is 1230. The highest BCUT2D eigenvalue weighted by molar-refractivity contribution is 8.27. The van der Waals surface area contributed by atoms with Crippen molar-refractivity contribution in [3.05, 3.63) is 92.8 Å². The van der Waals surface area contributed by atoms with Crippen molar-refractivity contribution in [1.29, 1.82) is 0 Å². The SMILES string of the molecule is CCOc1cc(/C=C2/SC(=S)N(c3ccccc3)C2=O)ccc1OCc1ccc(Cl)cc1Cl. The fourth-order valence-corrected chi connectivity index (χ4v) is 4.98. The Morgan fingerprint density at radius 3 is 2.52 bits per heavy atom. The van der Waals surface area contributed by atoms with Gasteiger partial charge in [0.2, 0.25) is 0 Å². The molecule has 1 fully saturated rings. The number of hydrogen-bond acceptors (Lipinski definition) is 5. The van der Waals surface area contributed by atoms with E-state index < -0.39 is 0 Å². The third-order valence-electron chi connectivity index (χ3n) is 4.77. The van der Waals surface area contributed by atoms with E-state index in [0.717, 1.165) is 16.8 Å². The Labute approximate surface area is 212 Å². The van der Waals surface area contributed by atoms with Crippen LogP contribution in [0.3, 0.4) is 0 Å². The number of nitrogens with zero attached hydrogens (tertiary/aromatic N) is 1. The molecule has 0 aromatic heterocycles. The first kappa shape index (κ1) is 23.6. The Balaban J connectivity index is 1.55. The molecular formula is C25H19Cl2NO3S2. The van der Waals surface area contributed by atoms with Crippen LogP contribution in [-0.4, -0.2) is 16.8 Å². The number of hydrogen-bond donors (Lipinski definition) is 0. The van der Waals surface area contributed by atoms with Gasteiger partial charge in [0.05, 0.1) is 17.2 Å². The lowest BCUT2D eigenvalue weighted by Crippen LogP contribution is -2.27. The number of thioether (sulfide) groups is 1. The normalized spacial score (nSPS) is 14.8. The topological polar surface area (TPSA) is 38.8 Å². The monoisotopic (exact) mass is 515 g/mol. The van der Waals surface area contributed by atoms with E-state index in [9.17, 15) is 4.79 Å². The van der Waals surface area contributed by atoms with E-state index in [-0.39, 0.29) is 12.5 Å². The summed E-state index contributed by atoms with van der Waals surface area (Å²) in [6.07, 6.45) is 1.81. The van der Waals surface area contributed by atoms with Gasteiger partial charge < -0.3 is 9.47 Å². The molecule has 0 saturated carbocycles. The van der Waals surface area contributed by atoms with E-state index in [2.05, 4.69) is 0 Å². The van der Waals surface area contributed by atoms with Gasteiger partial charge in [-0.25, -0.2) is 0 Å². The minimum absolute atomic E-state index is 0.146. The average molecular weight is 516 g/mol. The van der Waals surface area contributed by atoms with Gasteiger partial charge in [0.1, 0.15) is 6.61 Å². The van der Waals surface area contributed by atoms with Crippen LogP contribution in [0.5, 0.6) is 11.5 Å². The lowest BCUT2D eigenvalue weighted by atomic mass is 10.1. The lowest BCUT2D eigenvalue weighted by molar-refractivity contribution is -0.113. The molecule has 1 amide bonds. The predicted octanol–water partition coefficient (Wildman–Crippen LogP) is 7.38. The van der Waals surface area contributed by atoms with Crippen molar-refractivity contribution in [2.45, 2.75) is 13.5 Å². The molecule has 1 heterocycles. The number of benzene rings is 3. The van der Waals surface area contributed by atoms with E-state index in [4.69, 9.17) is 44.9 Å². The van der Waals surface area contributed by atoms with E-state index in [1.807, 2.05) is 67.6 Å². The first-order chi connectivity index (χ1) is 16.0. The van der Waals surface area contributed by atoms with Gasteiger partial charge in [0.25, 0.3) is 5.91 Å². The first-order valence-corrected chi connectivity index (χ1v) is 12.1. The molecule has 3 aromatic rings. The Morgan fingerprint density at radius 2 is 1.79 bits per heavy atom. The quantitative estimate of drug-likeness (QED) is 0.242. The number of rotatable bonds is 7. The zero-order valence-electron chi connectivity index (χ0n) is 17.6. The average Bonchev–Trinajstić information content (AvgIpc) is 3.07. The fourth-order valence-electron chi connectivity index (χ4n) is 3.21. The van der Waals surface area contributed by atoms with Crippen LogP contribution >= 0.6 is 47.2 Å². The van der Waals surface area contributed by atoms with Crippen LogP contribution in [0.2, 0.25) is 10.0 Å². The number of ether oxygens (including phenoxy) is 2. The molecule has 1 aliphatic rings. The molecule has 1 saturated heterocycles. The molecule has 0 unspecified atom stereocenters. The van der Waals surface area contributed by atoms with Crippen LogP contribution in [0.25, 0.3) is 6.08 Å².